The molecule has 0 saturated heterocycles. The first kappa shape index (κ1) is 15.9. The molecule has 2 N–H and O–H groups in total. The highest BCUT2D eigenvalue weighted by molar-refractivity contribution is 5.89. The molecule has 0 aliphatic carbocycles. The minimum absolute atomic E-state index is 0.0907. The number of anilines is 1. The quantitative estimate of drug-likeness (QED) is 0.731. The van der Waals surface area contributed by atoms with E-state index in [1.807, 2.05) is 12.1 Å². The lowest BCUT2D eigenvalue weighted by molar-refractivity contribution is -0.116. The molecule has 3 rings (SSSR count). The number of nitrogens with zero attached hydrogens (tertiary/aromatic N) is 3. The number of aryl methyl sites for hydroxylation is 2. The first-order chi connectivity index (χ1) is 11.7. The highest BCUT2D eigenvalue weighted by Crippen LogP contribution is 2.14. The summed E-state index contributed by atoms with van der Waals surface area (Å²) < 4.78 is 0. The Morgan fingerprint density at radius 1 is 1.08 bits per heavy atom. The maximum Gasteiger partial charge on any atom is 0.227 e. The smallest absolute Gasteiger partial charge is 0.227 e. The number of hydrogen-bond donors (Lipinski definition) is 2. The summed E-state index contributed by atoms with van der Waals surface area (Å²) in [7, 11) is 0. The zero-order valence-corrected chi connectivity index (χ0v) is 13.5. The summed E-state index contributed by atoms with van der Waals surface area (Å²) in [5, 5.41) is 9.57. The summed E-state index contributed by atoms with van der Waals surface area (Å²) in [5.74, 6) is 0.794. The van der Waals surface area contributed by atoms with E-state index in [2.05, 4.69) is 56.7 Å². The number of H-pyrrole nitrogens is 1. The molecule has 24 heavy (non-hydrogen) atoms. The van der Waals surface area contributed by atoms with Crippen LogP contribution in [-0.4, -0.2) is 26.1 Å². The van der Waals surface area contributed by atoms with Crippen molar-refractivity contribution in [2.24, 2.45) is 0 Å². The van der Waals surface area contributed by atoms with Gasteiger partial charge in [-0.1, -0.05) is 31.2 Å². The molecule has 0 aliphatic heterocycles. The second-order valence-corrected chi connectivity index (χ2v) is 5.46. The van der Waals surface area contributed by atoms with Crippen molar-refractivity contribution in [1.29, 1.82) is 0 Å². The van der Waals surface area contributed by atoms with Gasteiger partial charge < -0.3 is 0 Å². The number of carbonyl (C=O) groups is 1. The molecular weight excluding hydrogens is 302 g/mol. The van der Waals surface area contributed by atoms with Crippen LogP contribution < -0.4 is 5.32 Å². The number of aromatic nitrogens is 4. The van der Waals surface area contributed by atoms with Crippen molar-refractivity contribution >= 4 is 11.9 Å². The van der Waals surface area contributed by atoms with Gasteiger partial charge in [0.2, 0.25) is 11.9 Å². The summed E-state index contributed by atoms with van der Waals surface area (Å²) in [4.78, 5) is 20.3. The number of hydrogen-bond acceptors (Lipinski definition) is 4. The van der Waals surface area contributed by atoms with Gasteiger partial charge in [-0.2, -0.15) is 10.1 Å². The Morgan fingerprint density at radius 2 is 1.79 bits per heavy atom. The van der Waals surface area contributed by atoms with E-state index in [9.17, 15) is 4.79 Å². The van der Waals surface area contributed by atoms with Gasteiger partial charge in [-0.15, -0.1) is 0 Å². The van der Waals surface area contributed by atoms with Gasteiger partial charge in [-0.05, 0) is 36.1 Å². The lowest BCUT2D eigenvalue weighted by atomic mass is 10.1. The zero-order chi connectivity index (χ0) is 16.8. The van der Waals surface area contributed by atoms with E-state index in [1.54, 1.807) is 12.4 Å². The van der Waals surface area contributed by atoms with Crippen molar-refractivity contribution in [2.75, 3.05) is 5.32 Å². The number of amides is 1. The standard InChI is InChI=1S/C18H19N5O/c1-2-13-3-5-14(6-4-13)7-8-16(24)20-18-21-17(22-23-18)15-9-11-19-12-10-15/h3-6,9-12H,2,7-8H2,1H3,(H2,20,21,22,23,24). The molecule has 0 bridgehead atoms. The van der Waals surface area contributed by atoms with Crippen molar-refractivity contribution in [3.8, 4) is 11.4 Å². The normalized spacial score (nSPS) is 10.5. The van der Waals surface area contributed by atoms with Crippen LogP contribution in [0, 0.1) is 0 Å². The SMILES string of the molecule is CCc1ccc(CCC(=O)Nc2nc(-c3ccncc3)n[nH]2)cc1. The molecule has 6 nitrogen and oxygen atoms in total. The van der Waals surface area contributed by atoms with Gasteiger partial charge in [-0.3, -0.25) is 15.1 Å². The van der Waals surface area contributed by atoms with Gasteiger partial charge >= 0.3 is 0 Å². The van der Waals surface area contributed by atoms with Gasteiger partial charge in [0, 0.05) is 24.4 Å². The molecule has 0 radical (unpaired) electrons. The predicted molar refractivity (Wildman–Crippen MR) is 92.4 cm³/mol. The molecule has 2 aromatic heterocycles. The summed E-state index contributed by atoms with van der Waals surface area (Å²) in [6, 6.07) is 12.0. The van der Waals surface area contributed by atoms with Crippen LogP contribution in [0.5, 0.6) is 0 Å². The van der Waals surface area contributed by atoms with Gasteiger partial charge in [0.15, 0.2) is 5.82 Å². The molecule has 0 spiro atoms. The Morgan fingerprint density at radius 3 is 2.50 bits per heavy atom. The number of benzene rings is 1. The second-order valence-electron chi connectivity index (χ2n) is 5.46. The molecule has 2 heterocycles. The first-order valence-electron chi connectivity index (χ1n) is 7.95. The average molecular weight is 321 g/mol. The Balaban J connectivity index is 1.54. The Labute approximate surface area is 140 Å². The highest BCUT2D eigenvalue weighted by atomic mass is 16.1. The van der Waals surface area contributed by atoms with E-state index in [0.29, 0.717) is 24.6 Å². The van der Waals surface area contributed by atoms with Crippen molar-refractivity contribution in [2.45, 2.75) is 26.2 Å². The molecule has 0 unspecified atom stereocenters. The van der Waals surface area contributed by atoms with Crippen LogP contribution in [0.2, 0.25) is 0 Å². The van der Waals surface area contributed by atoms with Gasteiger partial charge in [0.25, 0.3) is 0 Å². The third kappa shape index (κ3) is 4.04. The minimum atomic E-state index is -0.0907. The molecule has 0 fully saturated rings. The van der Waals surface area contributed by atoms with Crippen LogP contribution in [-0.2, 0) is 17.6 Å². The van der Waals surface area contributed by atoms with Gasteiger partial charge in [0.05, 0.1) is 0 Å². The van der Waals surface area contributed by atoms with Crippen LogP contribution in [0.1, 0.15) is 24.5 Å². The van der Waals surface area contributed by atoms with Crippen LogP contribution in [0.3, 0.4) is 0 Å². The summed E-state index contributed by atoms with van der Waals surface area (Å²) in [6.07, 6.45) is 5.46. The Hall–Kier alpha value is -3.02. The first-order valence-corrected chi connectivity index (χ1v) is 7.95. The van der Waals surface area contributed by atoms with E-state index >= 15 is 0 Å². The minimum Gasteiger partial charge on any atom is -0.295 e. The topological polar surface area (TPSA) is 83.6 Å². The number of carbonyl (C=O) groups excluding carboxylic acids is 1. The predicted octanol–water partition coefficient (Wildman–Crippen LogP) is 3.00. The fourth-order valence-electron chi connectivity index (χ4n) is 2.34. The zero-order valence-electron chi connectivity index (χ0n) is 13.5. The van der Waals surface area contributed by atoms with Crippen molar-refractivity contribution in [3.05, 3.63) is 59.9 Å². The Bertz CT molecular complexity index is 796. The number of rotatable bonds is 6. The summed E-state index contributed by atoms with van der Waals surface area (Å²) in [5.41, 5.74) is 3.30. The lowest BCUT2D eigenvalue weighted by Crippen LogP contribution is -2.13. The highest BCUT2D eigenvalue weighted by Gasteiger charge is 2.09. The fraction of sp³-hybridized carbons (Fsp3) is 0.222. The van der Waals surface area contributed by atoms with Crippen LogP contribution in [0.4, 0.5) is 5.95 Å². The van der Waals surface area contributed by atoms with Crippen molar-refractivity contribution in [3.63, 3.8) is 0 Å². The molecule has 1 amide bonds. The number of nitrogens with one attached hydrogen (secondary N) is 2. The van der Waals surface area contributed by atoms with E-state index in [4.69, 9.17) is 0 Å². The van der Waals surface area contributed by atoms with Gasteiger partial charge in [0.1, 0.15) is 0 Å². The fourth-order valence-corrected chi connectivity index (χ4v) is 2.34. The number of aromatic amines is 1. The monoisotopic (exact) mass is 321 g/mol. The van der Waals surface area contributed by atoms with Crippen molar-refractivity contribution < 1.29 is 4.79 Å². The second kappa shape index (κ2) is 7.50. The van der Waals surface area contributed by atoms with E-state index in [1.165, 1.54) is 5.56 Å². The van der Waals surface area contributed by atoms with E-state index in [-0.39, 0.29) is 5.91 Å². The molecule has 1 aromatic carbocycles. The maximum absolute atomic E-state index is 12.0. The van der Waals surface area contributed by atoms with Crippen LogP contribution in [0.25, 0.3) is 11.4 Å². The van der Waals surface area contributed by atoms with Crippen LogP contribution >= 0.6 is 0 Å². The molecule has 122 valence electrons. The third-order valence-electron chi connectivity index (χ3n) is 3.75. The molecular formula is C18H19N5O. The van der Waals surface area contributed by atoms with E-state index < -0.39 is 0 Å². The molecule has 3 aromatic rings. The molecule has 6 heteroatoms. The van der Waals surface area contributed by atoms with E-state index in [0.717, 1.165) is 17.5 Å². The third-order valence-corrected chi connectivity index (χ3v) is 3.75. The molecule has 0 aliphatic rings. The lowest BCUT2D eigenvalue weighted by Gasteiger charge is -2.03. The number of pyridine rings is 1. The summed E-state index contributed by atoms with van der Waals surface area (Å²) >= 11 is 0. The van der Waals surface area contributed by atoms with Gasteiger partial charge in [-0.25, -0.2) is 5.10 Å². The largest absolute Gasteiger partial charge is 0.295 e. The summed E-state index contributed by atoms with van der Waals surface area (Å²) in [6.45, 7) is 2.13. The average Bonchev–Trinajstić information content (AvgIpc) is 3.09. The Kier molecular flexibility index (Phi) is 4.96. The molecule has 0 atom stereocenters. The van der Waals surface area contributed by atoms with Crippen LogP contribution in [0.15, 0.2) is 48.8 Å². The van der Waals surface area contributed by atoms with Crippen molar-refractivity contribution in [1.82, 2.24) is 20.2 Å². The maximum atomic E-state index is 12.0. The molecule has 0 saturated carbocycles.